The van der Waals surface area contributed by atoms with E-state index in [1.54, 1.807) is 18.5 Å². The van der Waals surface area contributed by atoms with Crippen molar-refractivity contribution < 1.29 is 13.2 Å². The molecule has 1 amide bonds. The Morgan fingerprint density at radius 1 is 1.18 bits per heavy atom. The van der Waals surface area contributed by atoms with Gasteiger partial charge in [-0.05, 0) is 44.7 Å². The number of para-hydroxylation sites is 1. The Bertz CT molecular complexity index is 960. The van der Waals surface area contributed by atoms with Gasteiger partial charge in [0.25, 0.3) is 0 Å². The third-order valence-corrected chi connectivity index (χ3v) is 7.35. The maximum absolute atomic E-state index is 12.9. The number of hydrogen-bond acceptors (Lipinski definition) is 4. The Morgan fingerprint density at radius 3 is 2.54 bits per heavy atom. The molecule has 0 unspecified atom stereocenters. The first-order chi connectivity index (χ1) is 13.3. The normalized spacial score (nSPS) is 15.1. The number of benzene rings is 1. The number of amides is 1. The summed E-state index contributed by atoms with van der Waals surface area (Å²) in [5, 5.41) is 7.33. The number of rotatable bonds is 7. The highest BCUT2D eigenvalue weighted by atomic mass is 32.2. The van der Waals surface area contributed by atoms with E-state index in [1.807, 2.05) is 31.2 Å². The van der Waals surface area contributed by atoms with Crippen LogP contribution in [0, 0.1) is 13.8 Å². The number of hydrogen-bond donors (Lipinski definition) is 1. The van der Waals surface area contributed by atoms with E-state index < -0.39 is 10.0 Å². The van der Waals surface area contributed by atoms with Crippen molar-refractivity contribution >= 4 is 21.6 Å². The molecule has 152 valence electrons. The van der Waals surface area contributed by atoms with Gasteiger partial charge in [-0.3, -0.25) is 9.48 Å². The minimum atomic E-state index is -3.53. The summed E-state index contributed by atoms with van der Waals surface area (Å²) in [5.74, 6) is -0.114. The van der Waals surface area contributed by atoms with Crippen LogP contribution in [-0.4, -0.2) is 41.5 Å². The highest BCUT2D eigenvalue weighted by molar-refractivity contribution is 7.89. The van der Waals surface area contributed by atoms with Crippen LogP contribution in [0.3, 0.4) is 0 Å². The summed E-state index contributed by atoms with van der Waals surface area (Å²) in [6.45, 7) is 6.97. The summed E-state index contributed by atoms with van der Waals surface area (Å²) in [7, 11) is -3.53. The Labute approximate surface area is 166 Å². The minimum Gasteiger partial charge on any atom is -0.326 e. The molecule has 0 radical (unpaired) electrons. The smallest absolute Gasteiger partial charge is 0.246 e. The first-order valence-corrected chi connectivity index (χ1v) is 11.2. The van der Waals surface area contributed by atoms with Gasteiger partial charge in [0, 0.05) is 25.2 Å². The molecule has 0 bridgehead atoms. The summed E-state index contributed by atoms with van der Waals surface area (Å²) in [6, 6.07) is 7.73. The zero-order valence-electron chi connectivity index (χ0n) is 16.7. The average molecular weight is 405 g/mol. The number of sulfonamides is 1. The minimum absolute atomic E-state index is 0.114. The maximum Gasteiger partial charge on any atom is 0.246 e. The molecule has 0 atom stereocenters. The van der Waals surface area contributed by atoms with Gasteiger partial charge in [-0.1, -0.05) is 25.1 Å². The first-order valence-electron chi connectivity index (χ1n) is 9.76. The zero-order valence-corrected chi connectivity index (χ0v) is 17.6. The summed E-state index contributed by atoms with van der Waals surface area (Å²) in [5.41, 5.74) is 2.98. The Balaban J connectivity index is 1.71. The van der Waals surface area contributed by atoms with Crippen LogP contribution in [0.25, 0.3) is 0 Å². The monoisotopic (exact) mass is 404 g/mol. The lowest BCUT2D eigenvalue weighted by atomic mass is 10.1. The van der Waals surface area contributed by atoms with Gasteiger partial charge < -0.3 is 5.32 Å². The van der Waals surface area contributed by atoms with Crippen LogP contribution in [0.15, 0.2) is 29.2 Å². The van der Waals surface area contributed by atoms with Crippen molar-refractivity contribution in [2.75, 3.05) is 18.4 Å². The molecule has 28 heavy (non-hydrogen) atoms. The third-order valence-electron chi connectivity index (χ3n) is 5.20. The quantitative estimate of drug-likeness (QED) is 0.769. The maximum atomic E-state index is 12.9. The van der Waals surface area contributed by atoms with Gasteiger partial charge in [0.2, 0.25) is 15.9 Å². The van der Waals surface area contributed by atoms with Crippen LogP contribution in [0.5, 0.6) is 0 Å². The van der Waals surface area contributed by atoms with Crippen LogP contribution in [0.1, 0.15) is 43.1 Å². The Hall–Kier alpha value is -2.19. The van der Waals surface area contributed by atoms with E-state index in [1.165, 1.54) is 4.31 Å². The molecular formula is C20H28N4O3S. The molecule has 1 aromatic heterocycles. The first kappa shape index (κ1) is 20.5. The molecule has 3 rings (SSSR count). The van der Waals surface area contributed by atoms with Crippen LogP contribution < -0.4 is 5.32 Å². The molecule has 2 aromatic rings. The van der Waals surface area contributed by atoms with Crippen LogP contribution in [0.4, 0.5) is 5.69 Å². The number of carbonyl (C=O) groups is 1. The van der Waals surface area contributed by atoms with Crippen molar-refractivity contribution in [3.05, 3.63) is 41.2 Å². The van der Waals surface area contributed by atoms with E-state index in [9.17, 15) is 13.2 Å². The summed E-state index contributed by atoms with van der Waals surface area (Å²) >= 11 is 0. The standard InChI is InChI=1S/C20H28N4O3S/c1-4-17-9-5-6-10-18(17)21-19(25)11-14-24-16(3)20(15(2)22-24)28(26,27)23-12-7-8-13-23/h5-6,9-10H,4,7-8,11-14H2,1-3H3,(H,21,25). The molecule has 2 heterocycles. The fourth-order valence-electron chi connectivity index (χ4n) is 3.70. The van der Waals surface area contributed by atoms with Crippen molar-refractivity contribution in [2.24, 2.45) is 0 Å². The van der Waals surface area contributed by atoms with E-state index >= 15 is 0 Å². The second-order valence-electron chi connectivity index (χ2n) is 7.14. The predicted octanol–water partition coefficient (Wildman–Crippen LogP) is 2.88. The van der Waals surface area contributed by atoms with Gasteiger partial charge in [0.15, 0.2) is 0 Å². The molecule has 8 heteroatoms. The lowest BCUT2D eigenvalue weighted by molar-refractivity contribution is -0.116. The van der Waals surface area contributed by atoms with Gasteiger partial charge in [0.1, 0.15) is 4.90 Å². The highest BCUT2D eigenvalue weighted by Crippen LogP contribution is 2.26. The molecule has 7 nitrogen and oxygen atoms in total. The molecule has 0 saturated carbocycles. The molecular weight excluding hydrogens is 376 g/mol. The average Bonchev–Trinajstić information content (AvgIpc) is 3.29. The van der Waals surface area contributed by atoms with Gasteiger partial charge in [-0.15, -0.1) is 0 Å². The molecule has 1 aliphatic heterocycles. The second-order valence-corrected chi connectivity index (χ2v) is 9.02. The summed E-state index contributed by atoms with van der Waals surface area (Å²) in [4.78, 5) is 12.7. The molecule has 1 saturated heterocycles. The lowest BCUT2D eigenvalue weighted by Crippen LogP contribution is -2.28. The van der Waals surface area contributed by atoms with Crippen molar-refractivity contribution in [2.45, 2.75) is 57.9 Å². The Kier molecular flexibility index (Phi) is 6.20. The van der Waals surface area contributed by atoms with Gasteiger partial charge in [-0.2, -0.15) is 9.40 Å². The van der Waals surface area contributed by atoms with Crippen LogP contribution >= 0.6 is 0 Å². The van der Waals surface area contributed by atoms with E-state index in [-0.39, 0.29) is 17.2 Å². The molecule has 1 aliphatic rings. The van der Waals surface area contributed by atoms with E-state index in [0.717, 1.165) is 30.5 Å². The highest BCUT2D eigenvalue weighted by Gasteiger charge is 2.32. The molecule has 0 spiro atoms. The topological polar surface area (TPSA) is 84.3 Å². The van der Waals surface area contributed by atoms with Gasteiger partial charge in [-0.25, -0.2) is 8.42 Å². The number of carbonyl (C=O) groups excluding carboxylic acids is 1. The predicted molar refractivity (Wildman–Crippen MR) is 109 cm³/mol. The lowest BCUT2D eigenvalue weighted by Gasteiger charge is -2.15. The van der Waals surface area contributed by atoms with E-state index in [0.29, 0.717) is 31.0 Å². The number of anilines is 1. The van der Waals surface area contributed by atoms with Crippen LogP contribution in [0.2, 0.25) is 0 Å². The summed E-state index contributed by atoms with van der Waals surface area (Å²) < 4.78 is 29.0. The Morgan fingerprint density at radius 2 is 1.86 bits per heavy atom. The SMILES string of the molecule is CCc1ccccc1NC(=O)CCn1nc(C)c(S(=O)(=O)N2CCCC2)c1C. The van der Waals surface area contributed by atoms with Crippen molar-refractivity contribution in [1.82, 2.24) is 14.1 Å². The van der Waals surface area contributed by atoms with Crippen molar-refractivity contribution in [3.8, 4) is 0 Å². The largest absolute Gasteiger partial charge is 0.326 e. The van der Waals surface area contributed by atoms with Crippen molar-refractivity contribution in [1.29, 1.82) is 0 Å². The van der Waals surface area contributed by atoms with E-state index in [2.05, 4.69) is 10.4 Å². The second kappa shape index (κ2) is 8.45. The number of nitrogens with zero attached hydrogens (tertiary/aromatic N) is 3. The molecule has 0 aliphatic carbocycles. The summed E-state index contributed by atoms with van der Waals surface area (Å²) in [6.07, 6.45) is 2.85. The van der Waals surface area contributed by atoms with Crippen LogP contribution in [-0.2, 0) is 27.8 Å². The fraction of sp³-hybridized carbons (Fsp3) is 0.500. The van der Waals surface area contributed by atoms with Gasteiger partial charge >= 0.3 is 0 Å². The van der Waals surface area contributed by atoms with Gasteiger partial charge in [0.05, 0.1) is 17.9 Å². The van der Waals surface area contributed by atoms with Crippen molar-refractivity contribution in [3.63, 3.8) is 0 Å². The van der Waals surface area contributed by atoms with E-state index in [4.69, 9.17) is 0 Å². The fourth-order valence-corrected chi connectivity index (χ4v) is 5.59. The third kappa shape index (κ3) is 4.12. The number of nitrogens with one attached hydrogen (secondary N) is 1. The molecule has 1 N–H and O–H groups in total. The molecule has 1 fully saturated rings. The number of aryl methyl sites for hydroxylation is 3. The molecule has 1 aromatic carbocycles. The number of aromatic nitrogens is 2. The zero-order chi connectivity index (χ0) is 20.3.